The van der Waals surface area contributed by atoms with Gasteiger partial charge < -0.3 is 4.57 Å². The van der Waals surface area contributed by atoms with E-state index in [9.17, 15) is 4.79 Å². The van der Waals surface area contributed by atoms with E-state index in [1.165, 1.54) is 32.7 Å². The Morgan fingerprint density at radius 1 is 0.684 bits per heavy atom. The van der Waals surface area contributed by atoms with Crippen molar-refractivity contribution in [2.75, 3.05) is 0 Å². The van der Waals surface area contributed by atoms with E-state index in [2.05, 4.69) is 76.7 Å². The first-order valence-electron chi connectivity index (χ1n) is 13.2. The molecule has 38 heavy (non-hydrogen) atoms. The van der Waals surface area contributed by atoms with Gasteiger partial charge in [0.05, 0.1) is 5.71 Å². The molecule has 0 unspecified atom stereocenters. The largest absolute Gasteiger partial charge is 0.340 e. The topological polar surface area (TPSA) is 46.4 Å². The van der Waals surface area contributed by atoms with Gasteiger partial charge in [-0.05, 0) is 46.9 Å². The number of hydrazone groups is 1. The Morgan fingerprint density at radius 2 is 1.32 bits per heavy atom. The van der Waals surface area contributed by atoms with E-state index in [1.54, 1.807) is 0 Å². The zero-order valence-electron chi connectivity index (χ0n) is 21.0. The quantitative estimate of drug-likeness (QED) is 0.197. The number of amides is 1. The summed E-state index contributed by atoms with van der Waals surface area (Å²) in [5.41, 5.74) is 10.8. The molecule has 4 nitrogen and oxygen atoms in total. The van der Waals surface area contributed by atoms with Gasteiger partial charge in [0.2, 0.25) is 5.91 Å². The summed E-state index contributed by atoms with van der Waals surface area (Å²) in [6.45, 7) is 0.580. The van der Waals surface area contributed by atoms with Crippen LogP contribution in [0.25, 0.3) is 32.6 Å². The smallest absolute Gasteiger partial charge is 0.241 e. The third kappa shape index (κ3) is 3.77. The fourth-order valence-electron chi connectivity index (χ4n) is 5.96. The molecule has 1 aliphatic rings. The summed E-state index contributed by atoms with van der Waals surface area (Å²) in [4.78, 5) is 13.1. The van der Waals surface area contributed by atoms with E-state index >= 15 is 0 Å². The molecule has 1 aliphatic carbocycles. The Kier molecular flexibility index (Phi) is 5.51. The number of fused-ring (bicyclic) bond motifs is 3. The van der Waals surface area contributed by atoms with Gasteiger partial charge in [0.1, 0.15) is 0 Å². The fourth-order valence-corrected chi connectivity index (χ4v) is 5.96. The molecule has 0 radical (unpaired) electrons. The van der Waals surface area contributed by atoms with Gasteiger partial charge >= 0.3 is 0 Å². The zero-order chi connectivity index (χ0) is 25.5. The Bertz CT molecular complexity index is 1800. The van der Waals surface area contributed by atoms with Gasteiger partial charge in [-0.1, -0.05) is 97.1 Å². The molecule has 0 fully saturated rings. The summed E-state index contributed by atoms with van der Waals surface area (Å²) in [6, 6.07) is 37.7. The Morgan fingerprint density at radius 3 is 2.05 bits per heavy atom. The van der Waals surface area contributed by atoms with Crippen LogP contribution in [0.2, 0.25) is 0 Å². The minimum atomic E-state index is -0.105. The zero-order valence-corrected chi connectivity index (χ0v) is 21.0. The lowest BCUT2D eigenvalue weighted by atomic mass is 9.94. The summed E-state index contributed by atoms with van der Waals surface area (Å²) in [5.74, 6) is -0.105. The summed E-state index contributed by atoms with van der Waals surface area (Å²) in [6.07, 6.45) is 2.49. The second-order valence-electron chi connectivity index (χ2n) is 9.91. The number of aromatic nitrogens is 1. The van der Waals surface area contributed by atoms with Crippen molar-refractivity contribution in [2.45, 2.75) is 25.8 Å². The van der Waals surface area contributed by atoms with Gasteiger partial charge in [-0.2, -0.15) is 5.10 Å². The van der Waals surface area contributed by atoms with Crippen molar-refractivity contribution in [3.63, 3.8) is 0 Å². The van der Waals surface area contributed by atoms with Gasteiger partial charge in [0.25, 0.3) is 0 Å². The molecular weight excluding hydrogens is 466 g/mol. The van der Waals surface area contributed by atoms with Gasteiger partial charge in [-0.3, -0.25) is 4.79 Å². The Hall–Kier alpha value is -4.70. The van der Waals surface area contributed by atoms with E-state index in [4.69, 9.17) is 5.10 Å². The number of rotatable bonds is 6. The molecule has 1 aromatic heterocycles. The number of benzene rings is 5. The molecule has 5 aromatic carbocycles. The third-order valence-electron chi connectivity index (χ3n) is 7.71. The maximum Gasteiger partial charge on any atom is 0.241 e. The normalized spacial score (nSPS) is 13.0. The third-order valence-corrected chi connectivity index (χ3v) is 7.71. The second kappa shape index (κ2) is 9.31. The van der Waals surface area contributed by atoms with Gasteiger partial charge in [-0.15, -0.1) is 0 Å². The molecule has 1 N–H and O–H groups in total. The monoisotopic (exact) mass is 493 g/mol. The lowest BCUT2D eigenvalue weighted by Crippen LogP contribution is -2.22. The Labute approximate surface area is 221 Å². The Balaban J connectivity index is 1.21. The number of nitrogens with zero attached hydrogens (tertiary/aromatic N) is 2. The standard InChI is InChI=1S/C34H27N3O/c38-32(21-22-37-30-15-6-4-12-26(30)27-13-5-7-16-31(27)37)35-36-34(25-9-2-1-3-10-25)29-20-19-24-18-17-23-11-8-14-28(29)33(23)24/h1-16,19-20H,17-18,21-22H2,(H,35,38)/b36-34+. The number of nitrogens with one attached hydrogen (secondary N) is 1. The molecular formula is C34H27N3O. The van der Waals surface area contributed by atoms with Crippen molar-refractivity contribution in [1.82, 2.24) is 9.99 Å². The predicted molar refractivity (Wildman–Crippen MR) is 156 cm³/mol. The maximum atomic E-state index is 13.1. The van der Waals surface area contributed by atoms with Crippen LogP contribution < -0.4 is 5.43 Å². The highest BCUT2D eigenvalue weighted by Crippen LogP contribution is 2.34. The summed E-state index contributed by atoms with van der Waals surface area (Å²) >= 11 is 0. The number of aryl methyl sites for hydroxylation is 3. The van der Waals surface area contributed by atoms with E-state index in [0.717, 1.165) is 40.7 Å². The van der Waals surface area contributed by atoms with Crippen LogP contribution >= 0.6 is 0 Å². The molecule has 0 saturated carbocycles. The summed E-state index contributed by atoms with van der Waals surface area (Å²) < 4.78 is 2.23. The van der Waals surface area contributed by atoms with Crippen LogP contribution in [-0.2, 0) is 24.2 Å². The van der Waals surface area contributed by atoms with Crippen molar-refractivity contribution in [3.05, 3.63) is 131 Å². The van der Waals surface area contributed by atoms with Crippen LogP contribution in [0.3, 0.4) is 0 Å². The van der Waals surface area contributed by atoms with Crippen molar-refractivity contribution in [1.29, 1.82) is 0 Å². The number of hydrogen-bond donors (Lipinski definition) is 1. The van der Waals surface area contributed by atoms with E-state index in [0.29, 0.717) is 13.0 Å². The van der Waals surface area contributed by atoms with Gasteiger partial charge in [0, 0.05) is 45.9 Å². The van der Waals surface area contributed by atoms with E-state index < -0.39 is 0 Å². The number of hydrogen-bond acceptors (Lipinski definition) is 2. The number of carbonyl (C=O) groups excluding carboxylic acids is 1. The first kappa shape index (κ1) is 22.5. The van der Waals surface area contributed by atoms with Crippen LogP contribution in [0, 0.1) is 0 Å². The van der Waals surface area contributed by atoms with Crippen molar-refractivity contribution >= 4 is 44.2 Å². The van der Waals surface area contributed by atoms with Crippen LogP contribution in [0.4, 0.5) is 0 Å². The predicted octanol–water partition coefficient (Wildman–Crippen LogP) is 7.01. The SMILES string of the molecule is O=C(CCn1c2ccccc2c2ccccc21)N/N=C(\c1ccccc1)c1ccc2c3c(cccc13)CC2. The van der Waals surface area contributed by atoms with E-state index in [1.807, 2.05) is 42.5 Å². The van der Waals surface area contributed by atoms with Gasteiger partial charge in [-0.25, -0.2) is 5.43 Å². The van der Waals surface area contributed by atoms with Crippen LogP contribution in [0.1, 0.15) is 28.7 Å². The summed E-state index contributed by atoms with van der Waals surface area (Å²) in [7, 11) is 0. The second-order valence-corrected chi connectivity index (χ2v) is 9.91. The van der Waals surface area contributed by atoms with E-state index in [-0.39, 0.29) is 5.91 Å². The maximum absolute atomic E-state index is 13.1. The summed E-state index contributed by atoms with van der Waals surface area (Å²) in [5, 5.41) is 9.68. The lowest BCUT2D eigenvalue weighted by Gasteiger charge is -2.13. The minimum absolute atomic E-state index is 0.105. The molecule has 0 spiro atoms. The highest BCUT2D eigenvalue weighted by atomic mass is 16.2. The number of carbonyl (C=O) groups is 1. The first-order valence-corrected chi connectivity index (χ1v) is 13.2. The van der Waals surface area contributed by atoms with Crippen molar-refractivity contribution in [3.8, 4) is 0 Å². The molecule has 0 bridgehead atoms. The molecule has 0 saturated heterocycles. The lowest BCUT2D eigenvalue weighted by molar-refractivity contribution is -0.121. The molecule has 6 aromatic rings. The molecule has 1 heterocycles. The van der Waals surface area contributed by atoms with Crippen LogP contribution in [-0.4, -0.2) is 16.2 Å². The highest BCUT2D eigenvalue weighted by molar-refractivity contribution is 6.20. The molecule has 0 aliphatic heterocycles. The molecule has 0 atom stereocenters. The average molecular weight is 494 g/mol. The van der Waals surface area contributed by atoms with Crippen LogP contribution in [0.5, 0.6) is 0 Å². The average Bonchev–Trinajstić information content (AvgIpc) is 3.54. The van der Waals surface area contributed by atoms with Gasteiger partial charge in [0.15, 0.2) is 0 Å². The van der Waals surface area contributed by atoms with Crippen LogP contribution in [0.15, 0.2) is 114 Å². The van der Waals surface area contributed by atoms with Crippen molar-refractivity contribution < 1.29 is 4.79 Å². The van der Waals surface area contributed by atoms with Crippen molar-refractivity contribution in [2.24, 2.45) is 5.10 Å². The first-order chi connectivity index (χ1) is 18.8. The fraction of sp³-hybridized carbons (Fsp3) is 0.118. The molecule has 4 heteroatoms. The number of para-hydroxylation sites is 2. The highest BCUT2D eigenvalue weighted by Gasteiger charge is 2.19. The molecule has 1 amide bonds. The molecule has 184 valence electrons. The molecule has 7 rings (SSSR count). The minimum Gasteiger partial charge on any atom is -0.340 e.